The molecule has 2 aliphatic carbocycles. The number of nitrogens with one attached hydrogen (secondary N) is 2. The number of aromatic hydroxyl groups is 1. The quantitative estimate of drug-likeness (QED) is 0.184. The molecule has 0 saturated heterocycles. The van der Waals surface area contributed by atoms with Crippen LogP contribution >= 0.6 is 0 Å². The molecular weight excluding hydrogens is 564 g/mol. The highest BCUT2D eigenvalue weighted by atomic mass is 16.6. The zero-order valence-corrected chi connectivity index (χ0v) is 24.9. The van der Waals surface area contributed by atoms with Crippen molar-refractivity contribution < 1.29 is 53.8 Å². The summed E-state index contributed by atoms with van der Waals surface area (Å²) >= 11 is 0. The minimum atomic E-state index is -1.96. The molecule has 0 radical (unpaired) electrons. The smallest absolute Gasteiger partial charge is 0.340 e. The van der Waals surface area contributed by atoms with Gasteiger partial charge in [0.15, 0.2) is 29.8 Å². The van der Waals surface area contributed by atoms with Gasteiger partial charge in [0.2, 0.25) is 0 Å². The Balaban J connectivity index is 1.45. The van der Waals surface area contributed by atoms with Crippen LogP contribution in [-0.4, -0.2) is 87.3 Å². The van der Waals surface area contributed by atoms with Crippen molar-refractivity contribution in [3.05, 3.63) is 35.1 Å². The lowest BCUT2D eigenvalue weighted by atomic mass is 9.52. The average molecular weight is 605 g/mol. The van der Waals surface area contributed by atoms with Crippen LogP contribution in [0.4, 0.5) is 0 Å². The lowest BCUT2D eigenvalue weighted by Gasteiger charge is -2.56. The Morgan fingerprint density at radius 1 is 1.19 bits per heavy atom. The van der Waals surface area contributed by atoms with Crippen LogP contribution < -0.4 is 15.4 Å². The highest BCUT2D eigenvalue weighted by Crippen LogP contribution is 2.63. The number of ether oxygens (including phenoxy) is 3. The maximum Gasteiger partial charge on any atom is 0.340 e. The lowest BCUT2D eigenvalue weighted by Crippen LogP contribution is -2.70. The summed E-state index contributed by atoms with van der Waals surface area (Å²) in [7, 11) is 1.75. The summed E-state index contributed by atoms with van der Waals surface area (Å²) in [5, 5.41) is 48.0. The zero-order valence-electron chi connectivity index (χ0n) is 24.9. The van der Waals surface area contributed by atoms with Crippen LogP contribution in [0.1, 0.15) is 64.5 Å². The summed E-state index contributed by atoms with van der Waals surface area (Å²) in [6.07, 6.45) is -2.54. The van der Waals surface area contributed by atoms with E-state index >= 15 is 0 Å². The highest BCUT2D eigenvalue weighted by molar-refractivity contribution is 5.88. The molecule has 13 nitrogen and oxygen atoms in total. The number of carboxylic acids is 1. The van der Waals surface area contributed by atoms with Gasteiger partial charge >= 0.3 is 17.9 Å². The second kappa shape index (κ2) is 12.1. The fourth-order valence-corrected chi connectivity index (χ4v) is 6.68. The van der Waals surface area contributed by atoms with Crippen LogP contribution in [0.3, 0.4) is 0 Å². The third-order valence-electron chi connectivity index (χ3n) is 8.75. The number of hydrogen-bond acceptors (Lipinski definition) is 11. The molecule has 4 rings (SSSR count). The number of aliphatic hydroxyl groups excluding tert-OH is 1. The minimum absolute atomic E-state index is 0.0138. The average Bonchev–Trinajstić information content (AvgIpc) is 3.32. The monoisotopic (exact) mass is 604 g/mol. The van der Waals surface area contributed by atoms with E-state index in [1.165, 1.54) is 19.1 Å². The second-order valence-corrected chi connectivity index (χ2v) is 11.9. The Morgan fingerprint density at radius 2 is 1.88 bits per heavy atom. The van der Waals surface area contributed by atoms with Crippen molar-refractivity contribution in [2.45, 2.75) is 101 Å². The third kappa shape index (κ3) is 5.56. The maximum atomic E-state index is 12.9. The summed E-state index contributed by atoms with van der Waals surface area (Å²) in [4.78, 5) is 49.2. The summed E-state index contributed by atoms with van der Waals surface area (Å²) in [5.41, 5.74) is -0.890. The Kier molecular flexibility index (Phi) is 9.10. The molecule has 13 heteroatoms. The first-order valence-corrected chi connectivity index (χ1v) is 14.4. The summed E-state index contributed by atoms with van der Waals surface area (Å²) in [5.74, 6) is -4.22. The molecule has 1 amide bonds. The number of esters is 2. The van der Waals surface area contributed by atoms with E-state index < -0.39 is 65.6 Å². The summed E-state index contributed by atoms with van der Waals surface area (Å²) in [6, 6.07) is 1.76. The van der Waals surface area contributed by atoms with Gasteiger partial charge in [-0.1, -0.05) is 26.8 Å². The molecule has 3 aliphatic rings. The number of carbonyl (C=O) groups excluding carboxylic acids is 3. The van der Waals surface area contributed by atoms with Gasteiger partial charge in [-0.15, -0.1) is 0 Å². The van der Waals surface area contributed by atoms with Crippen molar-refractivity contribution in [3.8, 4) is 11.5 Å². The van der Waals surface area contributed by atoms with Crippen molar-refractivity contribution in [1.29, 1.82) is 0 Å². The molecule has 1 aromatic carbocycles. The number of benzene rings is 1. The molecule has 7 atom stereocenters. The Hall–Kier alpha value is -3.68. The predicted molar refractivity (Wildman–Crippen MR) is 150 cm³/mol. The van der Waals surface area contributed by atoms with E-state index in [1.54, 1.807) is 27.0 Å². The number of rotatable bonds is 12. The topological polar surface area (TPSA) is 201 Å². The van der Waals surface area contributed by atoms with E-state index in [2.05, 4.69) is 10.6 Å². The third-order valence-corrected chi connectivity index (χ3v) is 8.75. The van der Waals surface area contributed by atoms with Gasteiger partial charge in [0.05, 0.1) is 17.4 Å². The van der Waals surface area contributed by atoms with Gasteiger partial charge in [-0.3, -0.25) is 9.59 Å². The fourth-order valence-electron chi connectivity index (χ4n) is 6.68. The molecule has 6 N–H and O–H groups in total. The Bertz CT molecular complexity index is 1330. The molecule has 43 heavy (non-hydrogen) atoms. The molecule has 0 fully saturated rings. The number of carboxylic acid groups (broad SMARTS) is 1. The minimum Gasteiger partial charge on any atom is -0.504 e. The Labute approximate surface area is 249 Å². The fraction of sp³-hybridized carbons (Fsp3) is 0.600. The van der Waals surface area contributed by atoms with E-state index in [-0.39, 0.29) is 42.1 Å². The standard InChI is InChI=1S/C30H40N2O11/c1-6-29-23-16-7-8-18(33)24(23)43-25(29)20(9-10-30(29,40)21(12-16)31-5)42-28(39)19(34)13-22(35)41-15(4)26(36)32-17(27(37)38)11-14(2)3/h7-9,14-15,17,19,21,25,31,33-34,40H,6,10-13H2,1-5H3,(H,32,36)(H,37,38)/t15-,17-,19-,21+,25-,29-,30+/m0/s1. The summed E-state index contributed by atoms with van der Waals surface area (Å²) in [6.45, 7) is 6.71. The second-order valence-electron chi connectivity index (χ2n) is 11.9. The number of likely N-dealkylation sites (N-methyl/N-ethyl adjacent to an activating group) is 1. The van der Waals surface area contributed by atoms with Gasteiger partial charge in [0, 0.05) is 18.0 Å². The molecule has 0 saturated carbocycles. The number of hydrogen-bond donors (Lipinski definition) is 6. The van der Waals surface area contributed by atoms with Crippen LogP contribution in [0.2, 0.25) is 0 Å². The predicted octanol–water partition coefficient (Wildman–Crippen LogP) is 0.805. The number of amides is 1. The molecule has 0 aromatic heterocycles. The van der Waals surface area contributed by atoms with Gasteiger partial charge in [-0.25, -0.2) is 9.59 Å². The van der Waals surface area contributed by atoms with E-state index in [4.69, 9.17) is 14.2 Å². The van der Waals surface area contributed by atoms with E-state index in [9.17, 15) is 39.6 Å². The first kappa shape index (κ1) is 32.2. The van der Waals surface area contributed by atoms with Gasteiger partial charge in [-0.2, -0.15) is 0 Å². The molecule has 1 aliphatic heterocycles. The molecule has 1 heterocycles. The van der Waals surface area contributed by atoms with Crippen molar-refractivity contribution in [2.24, 2.45) is 5.92 Å². The van der Waals surface area contributed by atoms with Crippen LogP contribution in [0, 0.1) is 5.92 Å². The summed E-state index contributed by atoms with van der Waals surface area (Å²) < 4.78 is 16.7. The van der Waals surface area contributed by atoms with Crippen molar-refractivity contribution in [2.75, 3.05) is 7.05 Å². The normalized spacial score (nSPS) is 27.2. The van der Waals surface area contributed by atoms with Gasteiger partial charge in [0.25, 0.3) is 5.91 Å². The molecule has 0 unspecified atom stereocenters. The highest BCUT2D eigenvalue weighted by Gasteiger charge is 2.69. The molecule has 0 bridgehead atoms. The van der Waals surface area contributed by atoms with Crippen LogP contribution in [0.15, 0.2) is 24.0 Å². The largest absolute Gasteiger partial charge is 0.504 e. The van der Waals surface area contributed by atoms with Crippen molar-refractivity contribution in [1.82, 2.24) is 10.6 Å². The van der Waals surface area contributed by atoms with Crippen LogP contribution in [0.5, 0.6) is 11.5 Å². The Morgan fingerprint density at radius 3 is 2.49 bits per heavy atom. The van der Waals surface area contributed by atoms with Crippen LogP contribution in [0.25, 0.3) is 0 Å². The molecule has 0 spiro atoms. The van der Waals surface area contributed by atoms with Gasteiger partial charge in [-0.05, 0) is 56.9 Å². The number of aliphatic carboxylic acids is 1. The lowest BCUT2D eigenvalue weighted by molar-refractivity contribution is -0.164. The SMILES string of the molecule is CC[C@]12c3c4ccc(O)c3O[C@H]1C(OC(=O)[C@@H](O)CC(=O)O[C@@H](C)C(=O)N[C@@H](CC(C)C)C(=O)O)=CC[C@@]2(O)[C@H](NC)C4. The first-order chi connectivity index (χ1) is 20.2. The van der Waals surface area contributed by atoms with E-state index in [1.807, 2.05) is 6.92 Å². The first-order valence-electron chi connectivity index (χ1n) is 14.4. The van der Waals surface area contributed by atoms with Crippen molar-refractivity contribution >= 4 is 23.8 Å². The number of carbonyl (C=O) groups is 4. The van der Waals surface area contributed by atoms with E-state index in [0.29, 0.717) is 18.4 Å². The van der Waals surface area contributed by atoms with E-state index in [0.717, 1.165) is 5.56 Å². The number of phenols is 1. The van der Waals surface area contributed by atoms with Gasteiger partial charge in [0.1, 0.15) is 11.8 Å². The molecular formula is C30H40N2O11. The van der Waals surface area contributed by atoms with Crippen molar-refractivity contribution in [3.63, 3.8) is 0 Å². The maximum absolute atomic E-state index is 12.9. The number of aliphatic hydroxyl groups is 2. The van der Waals surface area contributed by atoms with Crippen LogP contribution in [-0.2, 0) is 40.5 Å². The molecule has 236 valence electrons. The zero-order chi connectivity index (χ0) is 31.9. The number of phenolic OH excluding ortho intramolecular Hbond substituents is 1. The molecule has 1 aromatic rings. The van der Waals surface area contributed by atoms with Gasteiger partial charge < -0.3 is 45.3 Å².